The molecule has 21 heavy (non-hydrogen) atoms. The number of benzene rings is 1. The van der Waals surface area contributed by atoms with Gasteiger partial charge in [0.05, 0.1) is 0 Å². The van der Waals surface area contributed by atoms with Gasteiger partial charge in [-0.3, -0.25) is 0 Å². The van der Waals surface area contributed by atoms with Crippen LogP contribution in [0.5, 0.6) is 5.75 Å². The zero-order valence-corrected chi connectivity index (χ0v) is 22.8. The van der Waals surface area contributed by atoms with Crippen molar-refractivity contribution in [2.24, 2.45) is 0 Å². The summed E-state index contributed by atoms with van der Waals surface area (Å²) in [5.74, 6) is -1.18. The van der Waals surface area contributed by atoms with Crippen LogP contribution in [0.1, 0.15) is 19.4 Å². The third-order valence-corrected chi connectivity index (χ3v) is 14.0. The molecule has 106 valence electrons. The van der Waals surface area contributed by atoms with Crippen molar-refractivity contribution in [1.82, 2.24) is 0 Å². The Bertz CT molecular complexity index is 603. The van der Waals surface area contributed by atoms with Gasteiger partial charge in [0, 0.05) is 0 Å². The Morgan fingerprint density at radius 1 is 1.24 bits per heavy atom. The van der Waals surface area contributed by atoms with Gasteiger partial charge in [-0.2, -0.15) is 0 Å². The quantitative estimate of drug-likeness (QED) is 0.266. The van der Waals surface area contributed by atoms with E-state index in [0.29, 0.717) is 8.64 Å². The summed E-state index contributed by atoms with van der Waals surface area (Å²) in [5, 5.41) is 21.3. The molecule has 0 aliphatic heterocycles. The molecule has 0 aromatic heterocycles. The summed E-state index contributed by atoms with van der Waals surface area (Å²) in [4.78, 5) is 32.5. The second-order valence-electron chi connectivity index (χ2n) is 4.35. The molecule has 1 N–H and O–H groups in total. The van der Waals surface area contributed by atoms with E-state index in [2.05, 4.69) is 0 Å². The molecule has 0 bridgehead atoms. The first-order chi connectivity index (χ1) is 9.73. The number of hydrogen-bond acceptors (Lipinski definition) is 7. The molecule has 1 aromatic carbocycles. The number of carbonyl (C=O) groups excluding carboxylic acids is 2. The van der Waals surface area contributed by atoms with Crippen LogP contribution in [0, 0.1) is 17.0 Å². The molecule has 0 aliphatic carbocycles. The van der Waals surface area contributed by atoms with Gasteiger partial charge in [0.15, 0.2) is 0 Å². The van der Waals surface area contributed by atoms with Crippen molar-refractivity contribution in [3.63, 3.8) is 0 Å². The van der Waals surface area contributed by atoms with Crippen LogP contribution < -0.4 is 6.14 Å². The molecular weight excluding hydrogens is 659 g/mol. The van der Waals surface area contributed by atoms with Gasteiger partial charge < -0.3 is 0 Å². The van der Waals surface area contributed by atoms with Crippen LogP contribution in [0.4, 0.5) is 5.69 Å². The molecule has 0 aliphatic rings. The van der Waals surface area contributed by atoms with Crippen LogP contribution in [0.2, 0.25) is 0 Å². The van der Waals surface area contributed by atoms with E-state index in [0.717, 1.165) is 0 Å². The van der Waals surface area contributed by atoms with E-state index in [-0.39, 0.29) is 14.5 Å². The molecule has 1 rings (SSSR count). The topological polar surface area (TPSA) is 116 Å². The van der Waals surface area contributed by atoms with Gasteiger partial charge in [0.2, 0.25) is 0 Å². The van der Waals surface area contributed by atoms with E-state index in [1.165, 1.54) is 19.9 Å². The number of hydrogen-bond donors (Lipinski definition) is 1. The van der Waals surface area contributed by atoms with Crippen LogP contribution in [-0.4, -0.2) is 22.0 Å². The van der Waals surface area contributed by atoms with Gasteiger partial charge in [-0.05, 0) is 0 Å². The third-order valence-electron chi connectivity index (χ3n) is 2.67. The first kappa shape index (κ1) is 18.3. The van der Waals surface area contributed by atoms with Crippen LogP contribution in [0.25, 0.3) is 0 Å². The number of rotatable bonds is 5. The van der Waals surface area contributed by atoms with Crippen molar-refractivity contribution in [2.75, 3.05) is 0 Å². The molecule has 10 heteroatoms. The molecule has 0 radical (unpaired) electrons. The fourth-order valence-corrected chi connectivity index (χ4v) is 15.2. The van der Waals surface area contributed by atoms with E-state index in [9.17, 15) is 24.8 Å². The van der Waals surface area contributed by atoms with Crippen molar-refractivity contribution < 1.29 is 75.0 Å². The Balaban J connectivity index is 3.33. The maximum atomic E-state index is 11.3. The molecule has 1 aromatic rings. The van der Waals surface area contributed by atoms with Crippen LogP contribution in [0.3, 0.4) is 0 Å². The van der Waals surface area contributed by atoms with E-state index in [1.807, 2.05) is 0 Å². The van der Waals surface area contributed by atoms with Gasteiger partial charge in [-0.25, -0.2) is 0 Å². The van der Waals surface area contributed by atoms with Crippen molar-refractivity contribution in [2.45, 2.75) is 20.8 Å². The van der Waals surface area contributed by atoms with Crippen LogP contribution >= 0.6 is 0 Å². The van der Waals surface area contributed by atoms with Gasteiger partial charge in [-0.15, -0.1) is 0 Å². The summed E-state index contributed by atoms with van der Waals surface area (Å²) in [6.07, 6.45) is 0. The number of phenolic OH excluding ortho intramolecular Hbond substituents is 1. The molecule has 0 saturated carbocycles. The maximum absolute atomic E-state index is 11.3. The van der Waals surface area contributed by atoms with Crippen molar-refractivity contribution in [3.8, 4) is 5.75 Å². The molecule has 0 spiro atoms. The zero-order valence-electron chi connectivity index (χ0n) is 11.8. The van der Waals surface area contributed by atoms with Crippen molar-refractivity contribution >= 4 is 23.8 Å². The SMILES string of the molecule is CC(=O)[O][Hg][c]1cc(C)c(O)[c]([Hg][O]C(C)=O)c1[N+](=O)[O-]. The summed E-state index contributed by atoms with van der Waals surface area (Å²) in [7, 11) is 0. The van der Waals surface area contributed by atoms with E-state index >= 15 is 0 Å². The fourth-order valence-electron chi connectivity index (χ4n) is 1.77. The number of phenols is 1. The molecule has 0 fully saturated rings. The summed E-state index contributed by atoms with van der Waals surface area (Å²) in [6, 6.07) is 1.49. The molecule has 0 saturated heterocycles. The van der Waals surface area contributed by atoms with Crippen LogP contribution in [-0.2, 0) is 64.9 Å². The Hall–Kier alpha value is -0.770. The molecule has 0 amide bonds. The normalized spacial score (nSPS) is 9.29. The Labute approximate surface area is 146 Å². The first-order valence-electron chi connectivity index (χ1n) is 5.99. The molecule has 0 heterocycles. The summed E-state index contributed by atoms with van der Waals surface area (Å²) in [6.45, 7) is 4.08. The van der Waals surface area contributed by atoms with Gasteiger partial charge in [0.25, 0.3) is 0 Å². The number of aromatic hydroxyl groups is 1. The fraction of sp³-hybridized carbons (Fsp3) is 0.273. The second-order valence-corrected chi connectivity index (χ2v) is 14.5. The minimum absolute atomic E-state index is 0.150. The molecule has 0 atom stereocenters. The average Bonchev–Trinajstić information content (AvgIpc) is 2.37. The number of nitro benzene ring substituents is 1. The second kappa shape index (κ2) is 8.02. The van der Waals surface area contributed by atoms with Gasteiger partial charge >= 0.3 is 147 Å². The molecule has 8 nitrogen and oxygen atoms in total. The molecular formula is C11H11Hg2NO7. The third kappa shape index (κ3) is 5.17. The van der Waals surface area contributed by atoms with E-state index < -0.39 is 66.9 Å². The minimum atomic E-state index is -2.61. The number of aryl methyl sites for hydroxylation is 1. The average molecular weight is 670 g/mol. The van der Waals surface area contributed by atoms with Gasteiger partial charge in [-0.1, -0.05) is 0 Å². The summed E-state index contributed by atoms with van der Waals surface area (Å²) < 4.78 is 10.5. The zero-order chi connectivity index (χ0) is 16.2. The van der Waals surface area contributed by atoms with Gasteiger partial charge in [0.1, 0.15) is 0 Å². The number of carbonyl (C=O) groups is 2. The first-order valence-corrected chi connectivity index (χ1v) is 16.0. The van der Waals surface area contributed by atoms with E-state index in [1.54, 1.807) is 6.92 Å². The summed E-state index contributed by atoms with van der Waals surface area (Å²) in [5.41, 5.74) is 0.230. The predicted octanol–water partition coefficient (Wildman–Crippen LogP) is -0.0194. The predicted molar refractivity (Wildman–Crippen MR) is 62.3 cm³/mol. The Morgan fingerprint density at radius 3 is 2.24 bits per heavy atom. The summed E-state index contributed by atoms with van der Waals surface area (Å²) >= 11 is -5.06. The van der Waals surface area contributed by atoms with E-state index in [4.69, 9.17) is 5.29 Å². The number of nitrogens with zero attached hydrogens (tertiary/aromatic N) is 1. The standard InChI is InChI=1S/C7H5NO3.2C2H4O2.2Hg/c1-5-2-3-6(8(10)11)4-7(5)9;2*1-2(3)4;;/h2,9H,1H3;2*1H3,(H,3,4);;/q;;;2*+1/p-2. The Morgan fingerprint density at radius 2 is 1.76 bits per heavy atom. The Kier molecular flexibility index (Phi) is 6.98. The van der Waals surface area contributed by atoms with Crippen molar-refractivity contribution in [1.29, 1.82) is 0 Å². The van der Waals surface area contributed by atoms with Crippen molar-refractivity contribution in [3.05, 3.63) is 21.7 Å². The van der Waals surface area contributed by atoms with Crippen LogP contribution in [0.15, 0.2) is 6.07 Å². The number of nitro groups is 1. The monoisotopic (exact) mass is 673 g/mol. The molecule has 0 unspecified atom stereocenters.